The number of aliphatic hydroxyl groups is 1. The van der Waals surface area contributed by atoms with Crippen LogP contribution in [0.1, 0.15) is 38.9 Å². The van der Waals surface area contributed by atoms with E-state index in [1.165, 1.54) is 0 Å². The van der Waals surface area contributed by atoms with Gasteiger partial charge >= 0.3 is 0 Å². The van der Waals surface area contributed by atoms with Crippen molar-refractivity contribution in [3.63, 3.8) is 0 Å². The lowest BCUT2D eigenvalue weighted by Crippen LogP contribution is -2.36. The molecular weight excluding hydrogens is 279 g/mol. The zero-order valence-corrected chi connectivity index (χ0v) is 11.9. The SMILES string of the molecule is CC(C)(C)[C@H](N)C[C@H](O)c1cc(F)c(F)c(F)c1.Cl. The maximum Gasteiger partial charge on any atom is 0.194 e. The third kappa shape index (κ3) is 4.67. The minimum atomic E-state index is -1.54. The van der Waals surface area contributed by atoms with Crippen LogP contribution in [-0.4, -0.2) is 11.1 Å². The Balaban J connectivity index is 0.00000324. The van der Waals surface area contributed by atoms with Gasteiger partial charge in [0.05, 0.1) is 6.10 Å². The smallest absolute Gasteiger partial charge is 0.194 e. The molecule has 0 fully saturated rings. The van der Waals surface area contributed by atoms with Gasteiger partial charge in [-0.25, -0.2) is 13.2 Å². The molecule has 0 heterocycles. The summed E-state index contributed by atoms with van der Waals surface area (Å²) in [5.74, 6) is -4.16. The summed E-state index contributed by atoms with van der Waals surface area (Å²) in [6, 6.07) is 1.24. The Labute approximate surface area is 117 Å². The zero-order valence-electron chi connectivity index (χ0n) is 11.1. The first kappa shape index (κ1) is 18.2. The molecule has 1 aromatic rings. The van der Waals surface area contributed by atoms with E-state index in [0.717, 1.165) is 12.1 Å². The van der Waals surface area contributed by atoms with Crippen molar-refractivity contribution in [2.75, 3.05) is 0 Å². The van der Waals surface area contributed by atoms with E-state index in [2.05, 4.69) is 0 Å². The Morgan fingerprint density at radius 2 is 1.58 bits per heavy atom. The molecule has 19 heavy (non-hydrogen) atoms. The van der Waals surface area contributed by atoms with Gasteiger partial charge in [0.1, 0.15) is 0 Å². The monoisotopic (exact) mass is 297 g/mol. The Kier molecular flexibility index (Phi) is 6.32. The molecule has 1 aromatic carbocycles. The molecule has 0 saturated carbocycles. The minimum absolute atomic E-state index is 0. The third-order valence-corrected chi connectivity index (χ3v) is 2.98. The quantitative estimate of drug-likeness (QED) is 0.841. The molecule has 0 unspecified atom stereocenters. The summed E-state index contributed by atoms with van der Waals surface area (Å²) in [4.78, 5) is 0. The van der Waals surface area contributed by atoms with Crippen LogP contribution in [0.3, 0.4) is 0 Å². The van der Waals surface area contributed by atoms with Crippen LogP contribution in [0.5, 0.6) is 0 Å². The summed E-state index contributed by atoms with van der Waals surface area (Å²) in [6.07, 6.45) is -0.975. The average molecular weight is 298 g/mol. The van der Waals surface area contributed by atoms with Gasteiger partial charge in [0.15, 0.2) is 17.5 Å². The largest absolute Gasteiger partial charge is 0.388 e. The summed E-state index contributed by atoms with van der Waals surface area (Å²) in [6.45, 7) is 5.70. The molecule has 0 amide bonds. The Morgan fingerprint density at radius 1 is 1.16 bits per heavy atom. The number of hydrogen-bond acceptors (Lipinski definition) is 2. The molecule has 0 radical (unpaired) electrons. The van der Waals surface area contributed by atoms with Gasteiger partial charge in [0.2, 0.25) is 0 Å². The topological polar surface area (TPSA) is 46.2 Å². The van der Waals surface area contributed by atoms with Crippen LogP contribution in [-0.2, 0) is 0 Å². The van der Waals surface area contributed by atoms with E-state index in [1.807, 2.05) is 20.8 Å². The van der Waals surface area contributed by atoms with E-state index >= 15 is 0 Å². The number of hydrogen-bond donors (Lipinski definition) is 2. The standard InChI is InChI=1S/C13H18F3NO.ClH/c1-13(2,3)11(17)6-10(18)7-4-8(14)12(16)9(15)5-7;/h4-5,10-11,18H,6,17H2,1-3H3;1H/t10-,11+;/m0./s1. The predicted octanol–water partition coefficient (Wildman–Crippen LogP) is 3.32. The van der Waals surface area contributed by atoms with Crippen molar-refractivity contribution in [1.29, 1.82) is 0 Å². The molecule has 0 aliphatic carbocycles. The normalized spacial score (nSPS) is 14.7. The highest BCUT2D eigenvalue weighted by atomic mass is 35.5. The number of benzene rings is 1. The molecule has 1 rings (SSSR count). The highest BCUT2D eigenvalue weighted by Crippen LogP contribution is 2.28. The van der Waals surface area contributed by atoms with E-state index in [-0.39, 0.29) is 35.8 Å². The van der Waals surface area contributed by atoms with Crippen LogP contribution >= 0.6 is 12.4 Å². The van der Waals surface area contributed by atoms with Crippen molar-refractivity contribution < 1.29 is 18.3 Å². The number of rotatable bonds is 3. The second kappa shape index (κ2) is 6.59. The molecule has 2 atom stereocenters. The Hall–Kier alpha value is -0.780. The molecule has 0 aromatic heterocycles. The predicted molar refractivity (Wildman–Crippen MR) is 70.6 cm³/mol. The molecule has 6 heteroatoms. The van der Waals surface area contributed by atoms with Crippen LogP contribution in [0.4, 0.5) is 13.2 Å². The lowest BCUT2D eigenvalue weighted by molar-refractivity contribution is 0.132. The molecule has 0 aliphatic rings. The first-order valence-electron chi connectivity index (χ1n) is 5.71. The molecular formula is C13H19ClF3NO. The molecule has 0 aliphatic heterocycles. The summed E-state index contributed by atoms with van der Waals surface area (Å²) in [5.41, 5.74) is 5.63. The molecule has 3 N–H and O–H groups in total. The Morgan fingerprint density at radius 3 is 1.95 bits per heavy atom. The van der Waals surface area contributed by atoms with Gasteiger partial charge in [0, 0.05) is 6.04 Å². The summed E-state index contributed by atoms with van der Waals surface area (Å²) in [5, 5.41) is 9.86. The van der Waals surface area contributed by atoms with E-state index in [9.17, 15) is 18.3 Å². The van der Waals surface area contributed by atoms with Crippen molar-refractivity contribution in [1.82, 2.24) is 0 Å². The van der Waals surface area contributed by atoms with E-state index < -0.39 is 23.6 Å². The van der Waals surface area contributed by atoms with Crippen molar-refractivity contribution >= 4 is 12.4 Å². The second-order valence-electron chi connectivity index (χ2n) is 5.52. The molecule has 0 spiro atoms. The fourth-order valence-corrected chi connectivity index (χ4v) is 1.50. The van der Waals surface area contributed by atoms with Crippen LogP contribution in [0.25, 0.3) is 0 Å². The van der Waals surface area contributed by atoms with E-state index in [0.29, 0.717) is 0 Å². The lowest BCUT2D eigenvalue weighted by Gasteiger charge is -2.29. The number of nitrogens with two attached hydrogens (primary N) is 1. The fourth-order valence-electron chi connectivity index (χ4n) is 1.50. The minimum Gasteiger partial charge on any atom is -0.388 e. The van der Waals surface area contributed by atoms with E-state index in [1.54, 1.807) is 0 Å². The van der Waals surface area contributed by atoms with Crippen LogP contribution in [0.15, 0.2) is 12.1 Å². The van der Waals surface area contributed by atoms with Crippen LogP contribution in [0, 0.1) is 22.9 Å². The van der Waals surface area contributed by atoms with Crippen molar-refractivity contribution in [2.45, 2.75) is 39.3 Å². The van der Waals surface area contributed by atoms with Crippen molar-refractivity contribution in [2.24, 2.45) is 11.1 Å². The maximum atomic E-state index is 13.0. The summed E-state index contributed by atoms with van der Waals surface area (Å²) < 4.78 is 38.8. The van der Waals surface area contributed by atoms with Crippen molar-refractivity contribution in [3.8, 4) is 0 Å². The van der Waals surface area contributed by atoms with Gasteiger partial charge in [-0.15, -0.1) is 12.4 Å². The highest BCUT2D eigenvalue weighted by molar-refractivity contribution is 5.85. The molecule has 0 saturated heterocycles. The van der Waals surface area contributed by atoms with Gasteiger partial charge < -0.3 is 10.8 Å². The van der Waals surface area contributed by atoms with Gasteiger partial charge in [0.25, 0.3) is 0 Å². The Bertz CT molecular complexity index is 411. The van der Waals surface area contributed by atoms with Crippen LogP contribution < -0.4 is 5.73 Å². The van der Waals surface area contributed by atoms with Gasteiger partial charge in [-0.1, -0.05) is 20.8 Å². The molecule has 2 nitrogen and oxygen atoms in total. The third-order valence-electron chi connectivity index (χ3n) is 2.98. The lowest BCUT2D eigenvalue weighted by atomic mass is 9.83. The highest BCUT2D eigenvalue weighted by Gasteiger charge is 2.25. The van der Waals surface area contributed by atoms with Crippen LogP contribution in [0.2, 0.25) is 0 Å². The molecule has 0 bridgehead atoms. The van der Waals surface area contributed by atoms with Gasteiger partial charge in [-0.05, 0) is 29.5 Å². The first-order valence-corrected chi connectivity index (χ1v) is 5.71. The summed E-state index contributed by atoms with van der Waals surface area (Å²) >= 11 is 0. The van der Waals surface area contributed by atoms with Crippen molar-refractivity contribution in [3.05, 3.63) is 35.1 Å². The summed E-state index contributed by atoms with van der Waals surface area (Å²) in [7, 11) is 0. The molecule has 110 valence electrons. The van der Waals surface area contributed by atoms with E-state index in [4.69, 9.17) is 5.73 Å². The number of aliphatic hydroxyl groups excluding tert-OH is 1. The first-order chi connectivity index (χ1) is 8.12. The van der Waals surface area contributed by atoms with Gasteiger partial charge in [-0.2, -0.15) is 0 Å². The average Bonchev–Trinajstić information content (AvgIpc) is 2.23. The number of halogens is 4. The maximum absolute atomic E-state index is 13.0. The van der Waals surface area contributed by atoms with Gasteiger partial charge in [-0.3, -0.25) is 0 Å². The second-order valence-corrected chi connectivity index (χ2v) is 5.52. The fraction of sp³-hybridized carbons (Fsp3) is 0.538. The zero-order chi connectivity index (χ0) is 14.1.